The van der Waals surface area contributed by atoms with Crippen molar-refractivity contribution in [1.82, 2.24) is 0 Å². The summed E-state index contributed by atoms with van der Waals surface area (Å²) in [6.45, 7) is 1.95. The van der Waals surface area contributed by atoms with Gasteiger partial charge in [0.05, 0.1) is 6.61 Å². The van der Waals surface area contributed by atoms with E-state index >= 15 is 0 Å². The maximum absolute atomic E-state index is 10.4. The van der Waals surface area contributed by atoms with Crippen LogP contribution in [0.1, 0.15) is 6.92 Å². The number of carboxylic acid groups (broad SMARTS) is 1. The lowest BCUT2D eigenvalue weighted by molar-refractivity contribution is -0.133. The Kier molecular flexibility index (Phi) is 4.74. The van der Waals surface area contributed by atoms with Gasteiger partial charge in [0.2, 0.25) is 0 Å². The van der Waals surface area contributed by atoms with Gasteiger partial charge in [0.15, 0.2) is 0 Å². The van der Waals surface area contributed by atoms with Gasteiger partial charge >= 0.3 is 11.3 Å². The Morgan fingerprint density at radius 3 is 2.60 bits per heavy atom. The topological polar surface area (TPSA) is 63.6 Å². The molecule has 0 amide bonds. The number of rotatable bonds is 3. The first kappa shape index (κ1) is 9.29. The predicted molar refractivity (Wildman–Crippen MR) is 37.1 cm³/mol. The fraction of sp³-hybridized carbons (Fsp3) is 0.600. The Balaban J connectivity index is 3.30. The molecular weight excluding hydrogens is 156 g/mol. The minimum absolute atomic E-state index is 0.237. The first-order valence-corrected chi connectivity index (χ1v) is 3.66. The molecule has 0 aromatic carbocycles. The molecule has 0 heterocycles. The molecule has 0 aromatic rings. The molecule has 0 rings (SSSR count). The van der Waals surface area contributed by atoms with Gasteiger partial charge < -0.3 is 9.84 Å². The normalized spacial score (nSPS) is 8.90. The van der Waals surface area contributed by atoms with Crippen LogP contribution < -0.4 is 0 Å². The third kappa shape index (κ3) is 5.43. The first-order chi connectivity index (χ1) is 4.66. The van der Waals surface area contributed by atoms with Gasteiger partial charge in [-0.1, -0.05) is 0 Å². The first-order valence-electron chi connectivity index (χ1n) is 2.68. The molecular formula is C5H8O4S. The van der Waals surface area contributed by atoms with Crippen LogP contribution in [0.25, 0.3) is 0 Å². The third-order valence-electron chi connectivity index (χ3n) is 0.576. The minimum Gasteiger partial charge on any atom is -0.481 e. The molecule has 10 heavy (non-hydrogen) atoms. The second kappa shape index (κ2) is 5.10. The van der Waals surface area contributed by atoms with Crippen molar-refractivity contribution in [3.8, 4) is 0 Å². The Hall–Kier alpha value is -0.710. The molecule has 0 atom stereocenters. The standard InChI is InChI=1S/C5H8O4S/c1-2-9-5(8)10-3-4(6)7/h2-3H2,1H3,(H,6,7). The van der Waals surface area contributed by atoms with Crippen LogP contribution in [0.5, 0.6) is 0 Å². The van der Waals surface area contributed by atoms with E-state index in [0.29, 0.717) is 11.8 Å². The van der Waals surface area contributed by atoms with E-state index in [0.717, 1.165) is 0 Å². The summed E-state index contributed by atoms with van der Waals surface area (Å²) in [5.41, 5.74) is 0. The van der Waals surface area contributed by atoms with Crippen molar-refractivity contribution in [2.45, 2.75) is 6.92 Å². The van der Waals surface area contributed by atoms with Crippen molar-refractivity contribution in [2.24, 2.45) is 0 Å². The van der Waals surface area contributed by atoms with E-state index < -0.39 is 11.3 Å². The second-order valence-corrected chi connectivity index (χ2v) is 2.28. The molecule has 4 nitrogen and oxygen atoms in total. The van der Waals surface area contributed by atoms with Gasteiger partial charge in [-0.3, -0.25) is 4.79 Å². The zero-order valence-corrected chi connectivity index (χ0v) is 6.31. The molecule has 0 aliphatic rings. The number of aliphatic carboxylic acids is 1. The van der Waals surface area contributed by atoms with Crippen LogP contribution in [-0.2, 0) is 9.53 Å². The number of hydrogen-bond acceptors (Lipinski definition) is 4. The summed E-state index contributed by atoms with van der Waals surface area (Å²) in [7, 11) is 0. The van der Waals surface area contributed by atoms with Gasteiger partial charge in [0, 0.05) is 0 Å². The van der Waals surface area contributed by atoms with Gasteiger partial charge in [-0.2, -0.15) is 0 Å². The van der Waals surface area contributed by atoms with Gasteiger partial charge in [-0.05, 0) is 18.7 Å². The molecule has 1 N–H and O–H groups in total. The SMILES string of the molecule is CCOC(=O)SCC(=O)O. The molecule has 0 bridgehead atoms. The molecule has 0 unspecified atom stereocenters. The monoisotopic (exact) mass is 164 g/mol. The average Bonchev–Trinajstić information content (AvgIpc) is 1.85. The van der Waals surface area contributed by atoms with Crippen LogP contribution in [0, 0.1) is 0 Å². The highest BCUT2D eigenvalue weighted by molar-refractivity contribution is 8.13. The summed E-state index contributed by atoms with van der Waals surface area (Å²) in [6, 6.07) is 0. The molecule has 0 saturated heterocycles. The van der Waals surface area contributed by atoms with E-state index in [4.69, 9.17) is 5.11 Å². The largest absolute Gasteiger partial charge is 0.481 e. The molecule has 58 valence electrons. The van der Waals surface area contributed by atoms with Gasteiger partial charge in [0.25, 0.3) is 0 Å². The quantitative estimate of drug-likeness (QED) is 0.629. The van der Waals surface area contributed by atoms with Crippen LogP contribution in [-0.4, -0.2) is 28.7 Å². The molecule has 0 fully saturated rings. The Bertz CT molecular complexity index is 134. The molecule has 0 aliphatic carbocycles. The maximum Gasteiger partial charge on any atom is 0.367 e. The Morgan fingerprint density at radius 1 is 1.60 bits per heavy atom. The number of carbonyl (C=O) groups excluding carboxylic acids is 1. The van der Waals surface area contributed by atoms with Gasteiger partial charge in [0.1, 0.15) is 5.75 Å². The Morgan fingerprint density at radius 2 is 2.20 bits per heavy atom. The smallest absolute Gasteiger partial charge is 0.367 e. The third-order valence-corrected chi connectivity index (χ3v) is 1.32. The average molecular weight is 164 g/mol. The Labute approximate surface area is 62.6 Å². The maximum atomic E-state index is 10.4. The van der Waals surface area contributed by atoms with Gasteiger partial charge in [-0.15, -0.1) is 0 Å². The van der Waals surface area contributed by atoms with Crippen LogP contribution in [0.2, 0.25) is 0 Å². The summed E-state index contributed by atoms with van der Waals surface area (Å²) in [6.07, 6.45) is 0. The van der Waals surface area contributed by atoms with Crippen molar-refractivity contribution >= 4 is 23.0 Å². The number of ether oxygens (including phenoxy) is 1. The van der Waals surface area contributed by atoms with Crippen LogP contribution in [0.15, 0.2) is 0 Å². The summed E-state index contributed by atoms with van der Waals surface area (Å²) >= 11 is 0.648. The molecule has 0 spiro atoms. The summed E-state index contributed by atoms with van der Waals surface area (Å²) in [5.74, 6) is -1.25. The zero-order chi connectivity index (χ0) is 7.98. The molecule has 0 aromatic heterocycles. The highest BCUT2D eigenvalue weighted by atomic mass is 32.2. The fourth-order valence-corrected chi connectivity index (χ4v) is 0.723. The molecule has 0 radical (unpaired) electrons. The lowest BCUT2D eigenvalue weighted by atomic mass is 10.8. The van der Waals surface area contributed by atoms with Crippen LogP contribution in [0.4, 0.5) is 4.79 Å². The van der Waals surface area contributed by atoms with Crippen molar-refractivity contribution in [3.63, 3.8) is 0 Å². The van der Waals surface area contributed by atoms with E-state index in [-0.39, 0.29) is 12.4 Å². The molecule has 0 saturated carbocycles. The lowest BCUT2D eigenvalue weighted by Crippen LogP contribution is -2.03. The summed E-state index contributed by atoms with van der Waals surface area (Å²) < 4.78 is 4.45. The number of hydrogen-bond donors (Lipinski definition) is 1. The van der Waals surface area contributed by atoms with E-state index in [2.05, 4.69) is 4.74 Å². The van der Waals surface area contributed by atoms with Gasteiger partial charge in [-0.25, -0.2) is 4.79 Å². The second-order valence-electron chi connectivity index (χ2n) is 1.37. The molecule has 0 aliphatic heterocycles. The summed E-state index contributed by atoms with van der Waals surface area (Å²) in [4.78, 5) is 20.3. The van der Waals surface area contributed by atoms with Crippen molar-refractivity contribution < 1.29 is 19.4 Å². The van der Waals surface area contributed by atoms with Crippen molar-refractivity contribution in [2.75, 3.05) is 12.4 Å². The number of thioether (sulfide) groups is 1. The fourth-order valence-electron chi connectivity index (χ4n) is 0.280. The molecule has 5 heteroatoms. The summed E-state index contributed by atoms with van der Waals surface area (Å²) in [5, 5.41) is 7.56. The van der Waals surface area contributed by atoms with E-state index in [9.17, 15) is 9.59 Å². The highest BCUT2D eigenvalue weighted by Crippen LogP contribution is 2.03. The van der Waals surface area contributed by atoms with Crippen LogP contribution >= 0.6 is 11.8 Å². The lowest BCUT2D eigenvalue weighted by Gasteiger charge is -1.96. The predicted octanol–water partition coefficient (Wildman–Crippen LogP) is 0.961. The number of carboxylic acids is 1. The zero-order valence-electron chi connectivity index (χ0n) is 5.49. The van der Waals surface area contributed by atoms with E-state index in [1.807, 2.05) is 0 Å². The van der Waals surface area contributed by atoms with Crippen molar-refractivity contribution in [1.29, 1.82) is 0 Å². The number of carbonyl (C=O) groups is 2. The van der Waals surface area contributed by atoms with Crippen LogP contribution in [0.3, 0.4) is 0 Å². The van der Waals surface area contributed by atoms with Crippen molar-refractivity contribution in [3.05, 3.63) is 0 Å². The van der Waals surface area contributed by atoms with E-state index in [1.54, 1.807) is 6.92 Å². The van der Waals surface area contributed by atoms with E-state index in [1.165, 1.54) is 0 Å². The minimum atomic E-state index is -1.02. The highest BCUT2D eigenvalue weighted by Gasteiger charge is 2.04.